The van der Waals surface area contributed by atoms with Crippen LogP contribution in [0.2, 0.25) is 0 Å². The van der Waals surface area contributed by atoms with E-state index in [1.807, 2.05) is 131 Å². The van der Waals surface area contributed by atoms with Crippen LogP contribution in [0.5, 0.6) is 0 Å². The number of hydrogen-bond acceptors (Lipinski definition) is 4. The van der Waals surface area contributed by atoms with Gasteiger partial charge in [0.1, 0.15) is 5.82 Å². The molecule has 6 heterocycles. The largest absolute Gasteiger partial charge is 0.344 e. The fourth-order valence-corrected chi connectivity index (χ4v) is 6.83. The number of nitrogens with zero attached hydrogens (tertiary/aromatic N) is 8. The van der Waals surface area contributed by atoms with Crippen molar-refractivity contribution in [3.8, 4) is 33.8 Å². The van der Waals surface area contributed by atoms with Crippen LogP contribution in [0.4, 0.5) is 5.95 Å². The van der Waals surface area contributed by atoms with Gasteiger partial charge >= 0.3 is 0 Å². The Balaban J connectivity index is 0.000000399. The zero-order valence-electron chi connectivity index (χ0n) is 40.6. The lowest BCUT2D eigenvalue weighted by atomic mass is 10.1. The summed E-state index contributed by atoms with van der Waals surface area (Å²) >= 11 is 0. The van der Waals surface area contributed by atoms with Gasteiger partial charge in [-0.25, -0.2) is 15.0 Å². The first-order valence-corrected chi connectivity index (χ1v) is 22.9. The first-order valence-electron chi connectivity index (χ1n) is 22.9. The SMILES string of the molecule is CC.CC.CC.CC.CC.CC.Cc1c(-c2ccccc2)nc2n(C)ccn12.Cc1c(-c2ccccc2)nc2n1CCCC2.Cc1c(-c2ccccc2)nc2n1CCN2C. The molecule has 0 N–H and O–H groups in total. The molecule has 4 aromatic heterocycles. The Bertz CT molecular complexity index is 2080. The van der Waals surface area contributed by atoms with Crippen molar-refractivity contribution in [1.82, 2.24) is 33.1 Å². The van der Waals surface area contributed by atoms with Crippen LogP contribution in [0.15, 0.2) is 103 Å². The minimum atomic E-state index is 0.983. The molecule has 0 fully saturated rings. The average Bonchev–Trinajstić information content (AvgIpc) is 4.16. The molecule has 9 rings (SSSR count). The van der Waals surface area contributed by atoms with Crippen molar-refractivity contribution in [2.45, 2.75) is 136 Å². The Kier molecular flexibility index (Phi) is 25.4. The molecule has 8 nitrogen and oxygen atoms in total. The number of rotatable bonds is 3. The lowest BCUT2D eigenvalue weighted by molar-refractivity contribution is 0.514. The van der Waals surface area contributed by atoms with Crippen LogP contribution in [0.25, 0.3) is 39.5 Å². The topological polar surface area (TPSA) is 61.1 Å². The van der Waals surface area contributed by atoms with E-state index in [4.69, 9.17) is 9.97 Å². The number of fused-ring (bicyclic) bond motifs is 3. The Morgan fingerprint density at radius 2 is 0.867 bits per heavy atom. The summed E-state index contributed by atoms with van der Waals surface area (Å²) in [5, 5.41) is 0. The third kappa shape index (κ3) is 13.1. The predicted molar refractivity (Wildman–Crippen MR) is 263 cm³/mol. The molecule has 2 aliphatic rings. The second kappa shape index (κ2) is 29.0. The molecule has 0 bridgehead atoms. The fourth-order valence-electron chi connectivity index (χ4n) is 6.83. The Morgan fingerprint density at radius 1 is 0.433 bits per heavy atom. The molecule has 0 radical (unpaired) electrons. The van der Waals surface area contributed by atoms with Gasteiger partial charge in [-0.3, -0.25) is 4.40 Å². The second-order valence-corrected chi connectivity index (χ2v) is 12.7. The molecule has 0 amide bonds. The summed E-state index contributed by atoms with van der Waals surface area (Å²) in [5.41, 5.74) is 10.7. The lowest BCUT2D eigenvalue weighted by Crippen LogP contribution is -2.13. The maximum Gasteiger partial charge on any atom is 0.214 e. The van der Waals surface area contributed by atoms with Gasteiger partial charge in [-0.05, 0) is 33.6 Å². The monoisotopic (exact) mass is 817 g/mol. The van der Waals surface area contributed by atoms with Crippen molar-refractivity contribution in [1.29, 1.82) is 0 Å². The first kappa shape index (κ1) is 52.6. The zero-order chi connectivity index (χ0) is 45.2. The summed E-state index contributed by atoms with van der Waals surface area (Å²) in [6.45, 7) is 33.7. The van der Waals surface area contributed by atoms with Crippen molar-refractivity contribution in [2.24, 2.45) is 7.05 Å². The Morgan fingerprint density at radius 3 is 1.30 bits per heavy atom. The van der Waals surface area contributed by atoms with Gasteiger partial charge in [0.25, 0.3) is 0 Å². The van der Waals surface area contributed by atoms with Crippen LogP contribution in [-0.4, -0.2) is 46.6 Å². The molecule has 0 saturated carbocycles. The van der Waals surface area contributed by atoms with E-state index < -0.39 is 0 Å². The third-order valence-electron chi connectivity index (χ3n) is 9.56. The molecule has 2 aliphatic heterocycles. The summed E-state index contributed by atoms with van der Waals surface area (Å²) in [5.74, 6) is 3.34. The van der Waals surface area contributed by atoms with Crippen LogP contribution in [0.1, 0.15) is 119 Å². The molecule has 0 unspecified atom stereocenters. The fraction of sp³-hybridized carbons (Fsp3) is 0.442. The van der Waals surface area contributed by atoms with E-state index in [1.54, 1.807) is 0 Å². The molecule has 60 heavy (non-hydrogen) atoms. The van der Waals surface area contributed by atoms with Gasteiger partial charge in [0, 0.05) is 86.3 Å². The quantitative estimate of drug-likeness (QED) is 0.178. The normalized spacial score (nSPS) is 11.3. The summed E-state index contributed by atoms with van der Waals surface area (Å²) < 4.78 is 8.82. The van der Waals surface area contributed by atoms with Gasteiger partial charge < -0.3 is 18.6 Å². The zero-order valence-corrected chi connectivity index (χ0v) is 40.6. The van der Waals surface area contributed by atoms with Crippen molar-refractivity contribution >= 4 is 11.7 Å². The van der Waals surface area contributed by atoms with E-state index in [2.05, 4.69) is 118 Å². The Labute approximate surface area is 365 Å². The number of likely N-dealkylation sites (N-methyl/N-ethyl adjacent to an activating group) is 1. The molecule has 328 valence electrons. The van der Waals surface area contributed by atoms with Crippen LogP contribution >= 0.6 is 0 Å². The number of aryl methyl sites for hydroxylation is 3. The molecular weight excluding hydrogens is 737 g/mol. The van der Waals surface area contributed by atoms with Crippen molar-refractivity contribution in [3.63, 3.8) is 0 Å². The summed E-state index contributed by atoms with van der Waals surface area (Å²) in [4.78, 5) is 16.4. The molecule has 0 saturated heterocycles. The third-order valence-corrected chi connectivity index (χ3v) is 9.56. The molecule has 8 heteroatoms. The van der Waals surface area contributed by atoms with Gasteiger partial charge in [0.2, 0.25) is 11.7 Å². The Hall–Kier alpha value is -5.37. The molecular formula is C52H80N8. The van der Waals surface area contributed by atoms with Crippen molar-refractivity contribution in [3.05, 3.63) is 126 Å². The minimum absolute atomic E-state index is 0.983. The highest BCUT2D eigenvalue weighted by Gasteiger charge is 2.22. The first-order chi connectivity index (χ1) is 29.4. The number of anilines is 1. The van der Waals surface area contributed by atoms with E-state index in [0.717, 1.165) is 54.9 Å². The molecule has 0 atom stereocenters. The van der Waals surface area contributed by atoms with Gasteiger partial charge in [-0.15, -0.1) is 0 Å². The van der Waals surface area contributed by atoms with Crippen LogP contribution in [-0.2, 0) is 26.6 Å². The van der Waals surface area contributed by atoms with Crippen LogP contribution in [0.3, 0.4) is 0 Å². The molecule has 0 aliphatic carbocycles. The van der Waals surface area contributed by atoms with Crippen molar-refractivity contribution < 1.29 is 0 Å². The number of hydrogen-bond donors (Lipinski definition) is 0. The van der Waals surface area contributed by atoms with Crippen LogP contribution in [0, 0.1) is 20.8 Å². The van der Waals surface area contributed by atoms with E-state index in [1.165, 1.54) is 52.4 Å². The van der Waals surface area contributed by atoms with Gasteiger partial charge in [0.05, 0.1) is 17.1 Å². The number of aromatic nitrogens is 7. The standard InChI is InChI=1S/C14H16N2.C13H15N3.C13H13N3.6C2H6/c1-11-14(12-7-3-2-4-8-12)15-13-9-5-6-10-16(11)13;2*1-10-12(11-6-4-3-5-7-11)14-13-15(2)8-9-16(10)13;6*1-2/h2-4,7-8H,5-6,9-10H2,1H3;3-7H,8-9H2,1-2H3;3-9H,1-2H3;6*1-2H3. The van der Waals surface area contributed by atoms with E-state index in [-0.39, 0.29) is 0 Å². The summed E-state index contributed by atoms with van der Waals surface area (Å²) in [6, 6.07) is 31.2. The van der Waals surface area contributed by atoms with E-state index in [9.17, 15) is 0 Å². The predicted octanol–water partition coefficient (Wildman–Crippen LogP) is 14.3. The maximum absolute atomic E-state index is 4.78. The van der Waals surface area contributed by atoms with Crippen molar-refractivity contribution in [2.75, 3.05) is 18.5 Å². The van der Waals surface area contributed by atoms with E-state index >= 15 is 0 Å². The highest BCUT2D eigenvalue weighted by atomic mass is 15.4. The summed E-state index contributed by atoms with van der Waals surface area (Å²) in [7, 11) is 4.11. The number of benzene rings is 3. The van der Waals surface area contributed by atoms with Gasteiger partial charge in [-0.2, -0.15) is 0 Å². The smallest absolute Gasteiger partial charge is 0.214 e. The summed E-state index contributed by atoms with van der Waals surface area (Å²) in [6.07, 6.45) is 7.77. The highest BCUT2D eigenvalue weighted by molar-refractivity contribution is 5.66. The lowest BCUT2D eigenvalue weighted by Gasteiger charge is -2.14. The highest BCUT2D eigenvalue weighted by Crippen LogP contribution is 2.30. The minimum Gasteiger partial charge on any atom is -0.344 e. The van der Waals surface area contributed by atoms with Crippen LogP contribution < -0.4 is 4.90 Å². The molecule has 7 aromatic rings. The second-order valence-electron chi connectivity index (χ2n) is 12.7. The maximum atomic E-state index is 4.78. The molecule has 3 aromatic carbocycles. The number of imidazole rings is 4. The van der Waals surface area contributed by atoms with E-state index in [0.29, 0.717) is 0 Å². The van der Waals surface area contributed by atoms with Gasteiger partial charge in [-0.1, -0.05) is 174 Å². The average molecular weight is 817 g/mol. The van der Waals surface area contributed by atoms with Gasteiger partial charge in [0.15, 0.2) is 0 Å². The molecule has 0 spiro atoms.